The van der Waals surface area contributed by atoms with Gasteiger partial charge < -0.3 is 9.88 Å². The summed E-state index contributed by atoms with van der Waals surface area (Å²) in [6.45, 7) is 0. The number of benzene rings is 2. The summed E-state index contributed by atoms with van der Waals surface area (Å²) in [7, 11) is 1.75. The molecule has 0 fully saturated rings. The molecule has 0 aliphatic heterocycles. The summed E-state index contributed by atoms with van der Waals surface area (Å²) in [6.07, 6.45) is 0. The number of nitro groups is 1. The van der Waals surface area contributed by atoms with Gasteiger partial charge in [-0.25, -0.2) is 4.39 Å². The van der Waals surface area contributed by atoms with Crippen LogP contribution in [0, 0.1) is 15.9 Å². The van der Waals surface area contributed by atoms with Gasteiger partial charge in [-0.1, -0.05) is 23.4 Å². The van der Waals surface area contributed by atoms with Crippen LogP contribution in [0.2, 0.25) is 5.02 Å². The van der Waals surface area contributed by atoms with Gasteiger partial charge in [-0.15, -0.1) is 10.2 Å². The van der Waals surface area contributed by atoms with E-state index in [1.54, 1.807) is 35.9 Å². The van der Waals surface area contributed by atoms with Crippen molar-refractivity contribution in [2.24, 2.45) is 7.05 Å². The Kier molecular flexibility index (Phi) is 5.90. The van der Waals surface area contributed by atoms with Crippen molar-refractivity contribution in [1.82, 2.24) is 14.8 Å². The molecular weight excluding hydrogens is 409 g/mol. The minimum Gasteiger partial charge on any atom is -0.323 e. The molecule has 1 heterocycles. The van der Waals surface area contributed by atoms with Crippen LogP contribution in [-0.2, 0) is 11.8 Å². The zero-order valence-corrected chi connectivity index (χ0v) is 16.0. The number of carbonyl (C=O) groups is 1. The van der Waals surface area contributed by atoms with E-state index in [1.807, 2.05) is 0 Å². The summed E-state index contributed by atoms with van der Waals surface area (Å²) >= 11 is 6.98. The summed E-state index contributed by atoms with van der Waals surface area (Å²) in [5.74, 6) is -0.758. The van der Waals surface area contributed by atoms with Crippen molar-refractivity contribution in [1.29, 1.82) is 0 Å². The second-order valence-electron chi connectivity index (χ2n) is 5.63. The van der Waals surface area contributed by atoms with Crippen molar-refractivity contribution in [3.63, 3.8) is 0 Å². The van der Waals surface area contributed by atoms with Gasteiger partial charge in [0.25, 0.3) is 5.69 Å². The first kappa shape index (κ1) is 19.8. The number of aromatic nitrogens is 3. The molecule has 0 bridgehead atoms. The minimum atomic E-state index is -0.757. The van der Waals surface area contributed by atoms with Gasteiger partial charge in [0.2, 0.25) is 5.91 Å². The van der Waals surface area contributed by atoms with Crippen molar-refractivity contribution < 1.29 is 14.1 Å². The van der Waals surface area contributed by atoms with Gasteiger partial charge in [-0.3, -0.25) is 14.9 Å². The third-order valence-electron chi connectivity index (χ3n) is 3.70. The Labute approximate surface area is 167 Å². The Balaban J connectivity index is 1.66. The van der Waals surface area contributed by atoms with Gasteiger partial charge in [0.1, 0.15) is 5.82 Å². The third-order valence-corrected chi connectivity index (χ3v) is 4.98. The lowest BCUT2D eigenvalue weighted by atomic mass is 10.2. The largest absolute Gasteiger partial charge is 0.323 e. The number of hydrogen-bond donors (Lipinski definition) is 1. The molecule has 2 aromatic carbocycles. The molecule has 8 nitrogen and oxygen atoms in total. The van der Waals surface area contributed by atoms with Crippen LogP contribution in [0.5, 0.6) is 0 Å². The van der Waals surface area contributed by atoms with Crippen LogP contribution >= 0.6 is 23.4 Å². The van der Waals surface area contributed by atoms with E-state index < -0.39 is 16.6 Å². The average Bonchev–Trinajstić information content (AvgIpc) is 3.03. The molecule has 11 heteroatoms. The minimum absolute atomic E-state index is 0.0747. The number of anilines is 1. The lowest BCUT2D eigenvalue weighted by Crippen LogP contribution is -2.15. The van der Waals surface area contributed by atoms with Crippen molar-refractivity contribution in [2.45, 2.75) is 5.16 Å². The zero-order chi connectivity index (χ0) is 20.3. The summed E-state index contributed by atoms with van der Waals surface area (Å²) in [4.78, 5) is 22.2. The predicted molar refractivity (Wildman–Crippen MR) is 104 cm³/mol. The molecule has 0 aliphatic rings. The molecular formula is C17H13ClFN5O3S. The standard InChI is InChI=1S/C17H13ClFN5O3S/c1-23-16(10-2-4-11(18)5-3-10)21-22-17(23)28-9-15(25)20-14-8-12(24(26)27)6-7-13(14)19/h2-8H,9H2,1H3,(H,20,25). The smallest absolute Gasteiger partial charge is 0.271 e. The highest BCUT2D eigenvalue weighted by atomic mass is 35.5. The number of non-ortho nitro benzene ring substituents is 1. The van der Waals surface area contributed by atoms with Crippen molar-refractivity contribution in [2.75, 3.05) is 11.1 Å². The fourth-order valence-electron chi connectivity index (χ4n) is 2.33. The Morgan fingerprint density at radius 3 is 2.68 bits per heavy atom. The van der Waals surface area contributed by atoms with E-state index in [4.69, 9.17) is 11.6 Å². The quantitative estimate of drug-likeness (QED) is 0.367. The number of nitrogens with one attached hydrogen (secondary N) is 1. The maximum absolute atomic E-state index is 13.8. The van der Waals surface area contributed by atoms with E-state index in [-0.39, 0.29) is 17.1 Å². The first-order valence-electron chi connectivity index (χ1n) is 7.87. The monoisotopic (exact) mass is 421 g/mol. The van der Waals surface area contributed by atoms with Gasteiger partial charge in [0.05, 0.1) is 16.4 Å². The van der Waals surface area contributed by atoms with Gasteiger partial charge in [-0.05, 0) is 30.3 Å². The Bertz CT molecular complexity index is 1040. The van der Waals surface area contributed by atoms with Crippen LogP contribution < -0.4 is 5.32 Å². The molecule has 0 saturated heterocycles. The van der Waals surface area contributed by atoms with Crippen LogP contribution in [0.25, 0.3) is 11.4 Å². The highest BCUT2D eigenvalue weighted by Gasteiger charge is 2.16. The SMILES string of the molecule is Cn1c(SCC(=O)Nc2cc([N+](=O)[O-])ccc2F)nnc1-c1ccc(Cl)cc1. The Morgan fingerprint density at radius 2 is 2.00 bits per heavy atom. The highest BCUT2D eigenvalue weighted by molar-refractivity contribution is 7.99. The van der Waals surface area contributed by atoms with Crippen LogP contribution in [0.15, 0.2) is 47.6 Å². The second kappa shape index (κ2) is 8.36. The molecule has 1 amide bonds. The number of halogens is 2. The molecule has 0 saturated carbocycles. The van der Waals surface area contributed by atoms with Crippen LogP contribution in [-0.4, -0.2) is 31.3 Å². The Morgan fingerprint density at radius 1 is 1.29 bits per heavy atom. The second-order valence-corrected chi connectivity index (χ2v) is 7.01. The lowest BCUT2D eigenvalue weighted by molar-refractivity contribution is -0.384. The van der Waals surface area contributed by atoms with Gasteiger partial charge >= 0.3 is 0 Å². The number of rotatable bonds is 6. The van der Waals surface area contributed by atoms with E-state index in [0.717, 1.165) is 35.5 Å². The summed E-state index contributed by atoms with van der Waals surface area (Å²) in [6, 6.07) is 10.0. The van der Waals surface area contributed by atoms with E-state index in [0.29, 0.717) is 16.0 Å². The van der Waals surface area contributed by atoms with Crippen LogP contribution in [0.4, 0.5) is 15.8 Å². The zero-order valence-electron chi connectivity index (χ0n) is 14.4. The molecule has 144 valence electrons. The molecule has 3 aromatic rings. The molecule has 0 atom stereocenters. The molecule has 0 aliphatic carbocycles. The van der Waals surface area contributed by atoms with E-state index in [9.17, 15) is 19.3 Å². The molecule has 0 unspecified atom stereocenters. The van der Waals surface area contributed by atoms with E-state index in [1.165, 1.54) is 0 Å². The Hall–Kier alpha value is -2.98. The third kappa shape index (κ3) is 4.46. The van der Waals surface area contributed by atoms with Gasteiger partial charge in [-0.2, -0.15) is 0 Å². The number of amides is 1. The normalized spacial score (nSPS) is 10.7. The fraction of sp³-hybridized carbons (Fsp3) is 0.118. The number of carbonyl (C=O) groups excluding carboxylic acids is 1. The molecule has 0 radical (unpaired) electrons. The highest BCUT2D eigenvalue weighted by Crippen LogP contribution is 2.25. The van der Waals surface area contributed by atoms with E-state index in [2.05, 4.69) is 15.5 Å². The fourth-order valence-corrected chi connectivity index (χ4v) is 3.17. The number of hydrogen-bond acceptors (Lipinski definition) is 6. The van der Waals surface area contributed by atoms with Gasteiger partial charge in [0.15, 0.2) is 11.0 Å². The van der Waals surface area contributed by atoms with Crippen molar-refractivity contribution in [3.8, 4) is 11.4 Å². The lowest BCUT2D eigenvalue weighted by Gasteiger charge is -2.07. The topological polar surface area (TPSA) is 103 Å². The molecule has 1 N–H and O–H groups in total. The molecule has 28 heavy (non-hydrogen) atoms. The number of thioether (sulfide) groups is 1. The first-order valence-corrected chi connectivity index (χ1v) is 9.23. The summed E-state index contributed by atoms with van der Waals surface area (Å²) in [5, 5.41) is 22.3. The summed E-state index contributed by atoms with van der Waals surface area (Å²) < 4.78 is 15.5. The van der Waals surface area contributed by atoms with Crippen molar-refractivity contribution in [3.05, 3.63) is 63.4 Å². The maximum atomic E-state index is 13.8. The van der Waals surface area contributed by atoms with Crippen LogP contribution in [0.3, 0.4) is 0 Å². The number of nitro benzene ring substituents is 1. The van der Waals surface area contributed by atoms with Gasteiger partial charge in [0, 0.05) is 29.8 Å². The molecule has 1 aromatic heterocycles. The average molecular weight is 422 g/mol. The number of nitrogens with zero attached hydrogens (tertiary/aromatic N) is 4. The van der Waals surface area contributed by atoms with E-state index >= 15 is 0 Å². The maximum Gasteiger partial charge on any atom is 0.271 e. The first-order chi connectivity index (χ1) is 13.3. The van der Waals surface area contributed by atoms with Crippen molar-refractivity contribution >= 4 is 40.6 Å². The molecule has 0 spiro atoms. The summed E-state index contributed by atoms with van der Waals surface area (Å²) in [5.41, 5.74) is 0.249. The predicted octanol–water partition coefficient (Wildman–Crippen LogP) is 3.91. The molecule has 3 rings (SSSR count). The van der Waals surface area contributed by atoms with Crippen LogP contribution in [0.1, 0.15) is 0 Å².